The van der Waals surface area contributed by atoms with Crippen molar-refractivity contribution in [3.63, 3.8) is 0 Å². The summed E-state index contributed by atoms with van der Waals surface area (Å²) in [5.74, 6) is -0.862. The third kappa shape index (κ3) is 3.66. The van der Waals surface area contributed by atoms with E-state index in [9.17, 15) is 13.6 Å². The normalized spacial score (nSPS) is 13.8. The first-order valence-corrected chi connectivity index (χ1v) is 8.41. The zero-order chi connectivity index (χ0) is 18.1. The smallest absolute Gasteiger partial charge is 0.223 e. The van der Waals surface area contributed by atoms with Gasteiger partial charge >= 0.3 is 0 Å². The molecule has 2 N–H and O–H groups in total. The number of fused-ring (bicyclic) bond motifs is 1. The maximum absolute atomic E-state index is 14.2. The average molecular weight is 357 g/mol. The number of H-pyrrole nitrogens is 1. The standard InChI is InChI=1S/C19H17F2N3O2/c20-15-7-12-6-14(9-22-19(25)11-4-5-11)23-16(12)8-17(15)26-10-13-2-1-3-18(21)24-13/h1-3,6-8,11,23H,4-5,9-10H2,(H,22,25). The number of carbonyl (C=O) groups excluding carboxylic acids is 1. The number of pyridine rings is 1. The number of benzene rings is 1. The van der Waals surface area contributed by atoms with E-state index in [0.717, 1.165) is 18.5 Å². The fraction of sp³-hybridized carbons (Fsp3) is 0.263. The predicted octanol–water partition coefficient (Wildman–Crippen LogP) is 3.45. The van der Waals surface area contributed by atoms with Crippen molar-refractivity contribution in [1.82, 2.24) is 15.3 Å². The second-order valence-corrected chi connectivity index (χ2v) is 6.40. The van der Waals surface area contributed by atoms with Gasteiger partial charge in [0.1, 0.15) is 6.61 Å². The van der Waals surface area contributed by atoms with Crippen molar-refractivity contribution in [2.75, 3.05) is 0 Å². The topological polar surface area (TPSA) is 67.0 Å². The molecule has 0 atom stereocenters. The fourth-order valence-electron chi connectivity index (χ4n) is 2.75. The summed E-state index contributed by atoms with van der Waals surface area (Å²) in [5, 5.41) is 3.55. The molecule has 0 bridgehead atoms. The van der Waals surface area contributed by atoms with Crippen molar-refractivity contribution >= 4 is 16.8 Å². The van der Waals surface area contributed by atoms with Gasteiger partial charge in [-0.1, -0.05) is 6.07 Å². The number of hydrogen-bond donors (Lipinski definition) is 2. The van der Waals surface area contributed by atoms with Crippen molar-refractivity contribution in [2.45, 2.75) is 26.0 Å². The number of rotatable bonds is 6. The molecule has 1 aliphatic carbocycles. The van der Waals surface area contributed by atoms with Gasteiger partial charge in [-0.15, -0.1) is 0 Å². The maximum atomic E-state index is 14.2. The first-order chi connectivity index (χ1) is 12.6. The maximum Gasteiger partial charge on any atom is 0.223 e. The molecule has 5 nitrogen and oxygen atoms in total. The lowest BCUT2D eigenvalue weighted by molar-refractivity contribution is -0.122. The molecule has 134 valence electrons. The summed E-state index contributed by atoms with van der Waals surface area (Å²) in [6.07, 6.45) is 1.90. The molecule has 0 spiro atoms. The molecule has 1 saturated carbocycles. The molecule has 2 heterocycles. The van der Waals surface area contributed by atoms with E-state index < -0.39 is 11.8 Å². The Morgan fingerprint density at radius 2 is 2.12 bits per heavy atom. The summed E-state index contributed by atoms with van der Waals surface area (Å²) in [5.41, 5.74) is 1.86. The van der Waals surface area contributed by atoms with Gasteiger partial charge in [-0.3, -0.25) is 4.79 Å². The molecule has 26 heavy (non-hydrogen) atoms. The van der Waals surface area contributed by atoms with Gasteiger partial charge < -0.3 is 15.0 Å². The van der Waals surface area contributed by atoms with Crippen molar-refractivity contribution in [1.29, 1.82) is 0 Å². The van der Waals surface area contributed by atoms with Gasteiger partial charge in [0, 0.05) is 28.6 Å². The number of aromatic nitrogens is 2. The van der Waals surface area contributed by atoms with Gasteiger partial charge in [0.05, 0.1) is 12.2 Å². The van der Waals surface area contributed by atoms with Crippen LogP contribution >= 0.6 is 0 Å². The van der Waals surface area contributed by atoms with Crippen LogP contribution in [-0.2, 0) is 17.9 Å². The summed E-state index contributed by atoms with van der Waals surface area (Å²) in [6, 6.07) is 9.08. The fourth-order valence-corrected chi connectivity index (χ4v) is 2.75. The Hall–Kier alpha value is -2.96. The SMILES string of the molecule is O=C(NCc1cc2cc(F)c(OCc3cccc(F)n3)cc2[nH]1)C1CC1. The molecule has 1 aliphatic rings. The highest BCUT2D eigenvalue weighted by Crippen LogP contribution is 2.29. The van der Waals surface area contributed by atoms with Crippen LogP contribution in [0.5, 0.6) is 5.75 Å². The second kappa shape index (κ2) is 6.74. The monoisotopic (exact) mass is 357 g/mol. The highest BCUT2D eigenvalue weighted by Gasteiger charge is 2.29. The Kier molecular flexibility index (Phi) is 4.28. The Balaban J connectivity index is 1.47. The summed E-state index contributed by atoms with van der Waals surface area (Å²) in [7, 11) is 0. The van der Waals surface area contributed by atoms with E-state index >= 15 is 0 Å². The summed E-state index contributed by atoms with van der Waals surface area (Å²) in [6.45, 7) is 0.334. The number of carbonyl (C=O) groups is 1. The number of aromatic amines is 1. The van der Waals surface area contributed by atoms with Crippen molar-refractivity contribution in [3.8, 4) is 5.75 Å². The van der Waals surface area contributed by atoms with Crippen LogP contribution in [0, 0.1) is 17.7 Å². The Labute approximate surface area is 148 Å². The molecule has 7 heteroatoms. The van der Waals surface area contributed by atoms with E-state index in [1.165, 1.54) is 18.2 Å². The average Bonchev–Trinajstić information content (AvgIpc) is 3.39. The highest BCUT2D eigenvalue weighted by molar-refractivity contribution is 5.83. The van der Waals surface area contributed by atoms with E-state index in [-0.39, 0.29) is 24.2 Å². The Bertz CT molecular complexity index is 967. The minimum Gasteiger partial charge on any atom is -0.484 e. The largest absolute Gasteiger partial charge is 0.484 e. The lowest BCUT2D eigenvalue weighted by Gasteiger charge is -2.07. The lowest BCUT2D eigenvalue weighted by Crippen LogP contribution is -2.24. The minimum atomic E-state index is -0.607. The summed E-state index contributed by atoms with van der Waals surface area (Å²) >= 11 is 0. The molecule has 1 aromatic carbocycles. The molecular formula is C19H17F2N3O2. The minimum absolute atomic E-state index is 0.0365. The van der Waals surface area contributed by atoms with E-state index in [4.69, 9.17) is 4.74 Å². The number of nitrogens with one attached hydrogen (secondary N) is 2. The zero-order valence-corrected chi connectivity index (χ0v) is 13.9. The third-order valence-corrected chi connectivity index (χ3v) is 4.28. The van der Waals surface area contributed by atoms with Crippen LogP contribution in [0.1, 0.15) is 24.2 Å². The highest BCUT2D eigenvalue weighted by atomic mass is 19.1. The first kappa shape index (κ1) is 16.5. The van der Waals surface area contributed by atoms with E-state index in [1.807, 2.05) is 0 Å². The van der Waals surface area contributed by atoms with Gasteiger partial charge in [0.15, 0.2) is 11.6 Å². The van der Waals surface area contributed by atoms with Gasteiger partial charge in [-0.05, 0) is 37.1 Å². The van der Waals surface area contributed by atoms with Crippen LogP contribution in [0.3, 0.4) is 0 Å². The van der Waals surface area contributed by atoms with Crippen LogP contribution in [-0.4, -0.2) is 15.9 Å². The second-order valence-electron chi connectivity index (χ2n) is 6.40. The quantitative estimate of drug-likeness (QED) is 0.664. The van der Waals surface area contributed by atoms with Crippen LogP contribution < -0.4 is 10.1 Å². The molecule has 0 saturated heterocycles. The van der Waals surface area contributed by atoms with Gasteiger partial charge in [0.25, 0.3) is 0 Å². The van der Waals surface area contributed by atoms with E-state index in [1.54, 1.807) is 18.2 Å². The number of hydrogen-bond acceptors (Lipinski definition) is 3. The molecule has 2 aromatic heterocycles. The number of nitrogens with zero attached hydrogens (tertiary/aromatic N) is 1. The predicted molar refractivity (Wildman–Crippen MR) is 91.4 cm³/mol. The molecule has 1 fully saturated rings. The van der Waals surface area contributed by atoms with Crippen molar-refractivity contribution in [3.05, 3.63) is 59.6 Å². The van der Waals surface area contributed by atoms with E-state index in [2.05, 4.69) is 15.3 Å². The molecule has 0 radical (unpaired) electrons. The number of halogens is 2. The molecule has 1 amide bonds. The summed E-state index contributed by atoms with van der Waals surface area (Å²) < 4.78 is 32.8. The van der Waals surface area contributed by atoms with Crippen LogP contribution in [0.4, 0.5) is 8.78 Å². The number of ether oxygens (including phenoxy) is 1. The molecular weight excluding hydrogens is 340 g/mol. The zero-order valence-electron chi connectivity index (χ0n) is 13.9. The summed E-state index contributed by atoms with van der Waals surface area (Å²) in [4.78, 5) is 18.5. The van der Waals surface area contributed by atoms with Crippen LogP contribution in [0.25, 0.3) is 10.9 Å². The first-order valence-electron chi connectivity index (χ1n) is 8.41. The Morgan fingerprint density at radius 1 is 1.27 bits per heavy atom. The van der Waals surface area contributed by atoms with Crippen LogP contribution in [0.2, 0.25) is 0 Å². The van der Waals surface area contributed by atoms with Crippen molar-refractivity contribution < 1.29 is 18.3 Å². The molecule has 3 aromatic rings. The third-order valence-electron chi connectivity index (χ3n) is 4.28. The molecule has 0 unspecified atom stereocenters. The van der Waals surface area contributed by atoms with Crippen LogP contribution in [0.15, 0.2) is 36.4 Å². The van der Waals surface area contributed by atoms with Crippen molar-refractivity contribution in [2.24, 2.45) is 5.92 Å². The molecule has 0 aliphatic heterocycles. The number of amides is 1. The molecule has 4 rings (SSSR count). The van der Waals surface area contributed by atoms with E-state index in [0.29, 0.717) is 23.1 Å². The van der Waals surface area contributed by atoms with Gasteiger partial charge in [-0.25, -0.2) is 9.37 Å². The Morgan fingerprint density at radius 3 is 2.88 bits per heavy atom. The lowest BCUT2D eigenvalue weighted by atomic mass is 10.2. The van der Waals surface area contributed by atoms with Gasteiger partial charge in [0.2, 0.25) is 11.9 Å². The van der Waals surface area contributed by atoms with Gasteiger partial charge in [-0.2, -0.15) is 4.39 Å².